The lowest BCUT2D eigenvalue weighted by atomic mass is 9.33. The Bertz CT molecular complexity index is 1390. The molecular weight excluding hydrogens is 564 g/mol. The minimum absolute atomic E-state index is 0.00751. The molecule has 0 amide bonds. The van der Waals surface area contributed by atoms with Gasteiger partial charge < -0.3 is 20.1 Å². The molecule has 5 aliphatic rings. The number of carboxylic acids is 1. The monoisotopic (exact) mass is 618 g/mol. The number of phenols is 1. The molecule has 0 aromatic heterocycles. The summed E-state index contributed by atoms with van der Waals surface area (Å²) in [6.45, 7) is 14.3. The molecule has 4 fully saturated rings. The molecule has 3 N–H and O–H groups in total. The van der Waals surface area contributed by atoms with Crippen molar-refractivity contribution < 1.29 is 29.6 Å². The lowest BCUT2D eigenvalue weighted by Gasteiger charge is -2.71. The number of benzene rings is 1. The Morgan fingerprint density at radius 3 is 2.33 bits per heavy atom. The number of ether oxygens (including phenoxy) is 1. The Hall–Kier alpha value is -2.60. The lowest BCUT2D eigenvalue weighted by Crippen LogP contribution is -2.66. The molecule has 246 valence electrons. The molecule has 0 radical (unpaired) electrons. The zero-order valence-electron chi connectivity index (χ0n) is 28.1. The summed E-state index contributed by atoms with van der Waals surface area (Å²) in [5.41, 5.74) is 1.60. The van der Waals surface area contributed by atoms with E-state index < -0.39 is 5.97 Å². The summed E-state index contributed by atoms with van der Waals surface area (Å²) in [5, 5.41) is 31.0. The van der Waals surface area contributed by atoms with Gasteiger partial charge in [-0.2, -0.15) is 0 Å². The quantitative estimate of drug-likeness (QED) is 0.175. The number of aliphatic carboxylic acids is 1. The minimum Gasteiger partial charge on any atom is -0.508 e. The van der Waals surface area contributed by atoms with Gasteiger partial charge in [0.25, 0.3) is 0 Å². The zero-order valence-corrected chi connectivity index (χ0v) is 28.1. The highest BCUT2D eigenvalue weighted by Crippen LogP contribution is 2.75. The number of aromatic hydroxyl groups is 1. The number of allylic oxidation sites excluding steroid dienone is 1. The number of carbonyl (C=O) groups excluding carboxylic acids is 1. The molecule has 0 bridgehead atoms. The van der Waals surface area contributed by atoms with E-state index in [1.807, 2.05) is 0 Å². The van der Waals surface area contributed by atoms with Gasteiger partial charge in [0.05, 0.1) is 12.0 Å². The van der Waals surface area contributed by atoms with Crippen LogP contribution in [0.25, 0.3) is 6.08 Å². The molecule has 0 aliphatic heterocycles. The van der Waals surface area contributed by atoms with E-state index in [-0.39, 0.29) is 62.7 Å². The van der Waals surface area contributed by atoms with Crippen molar-refractivity contribution in [1.29, 1.82) is 0 Å². The third kappa shape index (κ3) is 4.83. The van der Waals surface area contributed by atoms with Crippen LogP contribution in [0.3, 0.4) is 0 Å². The van der Waals surface area contributed by atoms with Crippen molar-refractivity contribution in [2.24, 2.45) is 56.7 Å². The normalized spacial score (nSPS) is 43.7. The molecule has 6 nitrogen and oxygen atoms in total. The van der Waals surface area contributed by atoms with Gasteiger partial charge in [-0.1, -0.05) is 65.3 Å². The van der Waals surface area contributed by atoms with Crippen LogP contribution in [-0.4, -0.2) is 40.0 Å². The van der Waals surface area contributed by atoms with E-state index in [1.54, 1.807) is 30.3 Å². The van der Waals surface area contributed by atoms with Crippen molar-refractivity contribution in [3.8, 4) is 5.75 Å². The van der Waals surface area contributed by atoms with E-state index in [0.717, 1.165) is 63.4 Å². The molecule has 45 heavy (non-hydrogen) atoms. The average Bonchev–Trinajstić information content (AvgIpc) is 2.97. The maximum Gasteiger partial charge on any atom is 0.330 e. The van der Waals surface area contributed by atoms with E-state index in [4.69, 9.17) is 4.74 Å². The lowest BCUT2D eigenvalue weighted by molar-refractivity contribution is -0.216. The van der Waals surface area contributed by atoms with E-state index in [0.29, 0.717) is 18.4 Å². The minimum atomic E-state index is -0.692. The van der Waals surface area contributed by atoms with Gasteiger partial charge in [0.2, 0.25) is 0 Å². The van der Waals surface area contributed by atoms with Gasteiger partial charge in [-0.25, -0.2) is 4.79 Å². The van der Waals surface area contributed by atoms with Gasteiger partial charge >= 0.3 is 11.9 Å². The number of aliphatic hydroxyl groups is 1. The first-order chi connectivity index (χ1) is 21.1. The number of fused-ring (bicyclic) bond motifs is 7. The molecule has 6 rings (SSSR count). The Balaban J connectivity index is 1.40. The highest BCUT2D eigenvalue weighted by molar-refractivity contribution is 5.87. The van der Waals surface area contributed by atoms with Gasteiger partial charge in [-0.15, -0.1) is 0 Å². The summed E-state index contributed by atoms with van der Waals surface area (Å²) in [7, 11) is 0. The first kappa shape index (κ1) is 32.3. The highest BCUT2D eigenvalue weighted by Gasteiger charge is 2.70. The van der Waals surface area contributed by atoms with E-state index in [9.17, 15) is 24.9 Å². The first-order valence-corrected chi connectivity index (χ1v) is 17.3. The van der Waals surface area contributed by atoms with Crippen LogP contribution in [0.4, 0.5) is 0 Å². The van der Waals surface area contributed by atoms with Crippen molar-refractivity contribution >= 4 is 18.0 Å². The van der Waals surface area contributed by atoms with Crippen molar-refractivity contribution in [3.05, 3.63) is 47.6 Å². The van der Waals surface area contributed by atoms with Gasteiger partial charge in [0, 0.05) is 11.5 Å². The Kier molecular flexibility index (Phi) is 7.90. The fourth-order valence-corrected chi connectivity index (χ4v) is 12.1. The summed E-state index contributed by atoms with van der Waals surface area (Å²) in [6.07, 6.45) is 13.8. The van der Waals surface area contributed by atoms with Crippen LogP contribution in [0.2, 0.25) is 0 Å². The smallest absolute Gasteiger partial charge is 0.330 e. The Morgan fingerprint density at radius 2 is 1.64 bits per heavy atom. The Morgan fingerprint density at radius 1 is 0.933 bits per heavy atom. The third-order valence-electron chi connectivity index (χ3n) is 14.7. The predicted octanol–water partition coefficient (Wildman–Crippen LogP) is 8.03. The molecule has 0 unspecified atom stereocenters. The number of rotatable bonds is 5. The van der Waals surface area contributed by atoms with Crippen LogP contribution in [-0.2, 0) is 14.3 Å². The molecule has 10 atom stereocenters. The highest BCUT2D eigenvalue weighted by atomic mass is 16.5. The summed E-state index contributed by atoms with van der Waals surface area (Å²) in [5.74, 6) is -0.319. The average molecular weight is 619 g/mol. The fraction of sp³-hybridized carbons (Fsp3) is 0.692. The number of hydrogen-bond acceptors (Lipinski definition) is 5. The molecule has 4 saturated carbocycles. The van der Waals surface area contributed by atoms with Crippen LogP contribution < -0.4 is 0 Å². The van der Waals surface area contributed by atoms with Crippen molar-refractivity contribution in [2.75, 3.05) is 6.61 Å². The zero-order chi connectivity index (χ0) is 32.6. The number of aliphatic hydroxyl groups excluding tert-OH is 1. The summed E-state index contributed by atoms with van der Waals surface area (Å²) < 4.78 is 6.28. The third-order valence-corrected chi connectivity index (χ3v) is 14.7. The summed E-state index contributed by atoms with van der Waals surface area (Å²) >= 11 is 0. The summed E-state index contributed by atoms with van der Waals surface area (Å²) in [6, 6.07) is 6.72. The van der Waals surface area contributed by atoms with Crippen molar-refractivity contribution in [1.82, 2.24) is 0 Å². The molecule has 0 heterocycles. The molecule has 1 aromatic rings. The maximum atomic E-state index is 13.3. The number of carbonyl (C=O) groups is 2. The standard InChI is InChI=1S/C39H54O6/c1-24-27(34(43)44)15-18-36(4)21-22-39(23-45-32(42)14-9-25-7-10-26(40)11-8-25)28(33(24)36)12-13-30-37(5)19-17-31(41)35(2,3)29(37)16-20-38(30,39)6/h7-12,14,24,27,29-31,33,40-41H,13,15-23H2,1-6H3,(H,43,44)/t24-,27+,29-,30+,31-,33-,36+,37-,38+,39-/m0/s1. The van der Waals surface area contributed by atoms with Crippen molar-refractivity contribution in [2.45, 2.75) is 105 Å². The van der Waals surface area contributed by atoms with E-state index >= 15 is 0 Å². The topological polar surface area (TPSA) is 104 Å². The molecule has 6 heteroatoms. The van der Waals surface area contributed by atoms with E-state index in [1.165, 1.54) is 11.6 Å². The molecule has 5 aliphatic carbocycles. The number of esters is 1. The number of phenolic OH excluding ortho intramolecular Hbond substituents is 1. The van der Waals surface area contributed by atoms with Gasteiger partial charge in [0.1, 0.15) is 12.4 Å². The number of hydrogen-bond donors (Lipinski definition) is 3. The second kappa shape index (κ2) is 11.0. The molecule has 1 aromatic carbocycles. The second-order valence-electron chi connectivity index (χ2n) is 16.9. The van der Waals surface area contributed by atoms with Gasteiger partial charge in [-0.3, -0.25) is 4.79 Å². The fourth-order valence-electron chi connectivity index (χ4n) is 12.1. The van der Waals surface area contributed by atoms with Crippen LogP contribution in [0.15, 0.2) is 42.0 Å². The molecule has 0 spiro atoms. The Labute approximate surface area is 269 Å². The molecule has 0 saturated heterocycles. The van der Waals surface area contributed by atoms with Crippen LogP contribution in [0, 0.1) is 56.7 Å². The van der Waals surface area contributed by atoms with Crippen LogP contribution in [0.1, 0.15) is 105 Å². The SMILES string of the molecule is C[C@@H]1[C@H]2C3=CC[C@@H]4[C@@]5(C)CC[C@H](O)C(C)(C)[C@@H]5CC[C@@]4(C)[C@]3(COC(=O)C=Cc3ccc(O)cc3)CC[C@@]2(C)CC[C@H]1C(=O)O. The maximum absolute atomic E-state index is 13.3. The predicted molar refractivity (Wildman–Crippen MR) is 175 cm³/mol. The summed E-state index contributed by atoms with van der Waals surface area (Å²) in [4.78, 5) is 25.8. The largest absolute Gasteiger partial charge is 0.508 e. The van der Waals surface area contributed by atoms with Gasteiger partial charge in [-0.05, 0) is 127 Å². The second-order valence-corrected chi connectivity index (χ2v) is 16.9. The van der Waals surface area contributed by atoms with Gasteiger partial charge in [0.15, 0.2) is 0 Å². The number of carboxylic acid groups (broad SMARTS) is 1. The first-order valence-electron chi connectivity index (χ1n) is 17.3. The van der Waals surface area contributed by atoms with Crippen LogP contribution in [0.5, 0.6) is 5.75 Å². The molecular formula is C39H54O6. The van der Waals surface area contributed by atoms with Crippen LogP contribution >= 0.6 is 0 Å². The van der Waals surface area contributed by atoms with Crippen molar-refractivity contribution in [3.63, 3.8) is 0 Å². The van der Waals surface area contributed by atoms with E-state index in [2.05, 4.69) is 47.6 Å².